The molecule has 0 radical (unpaired) electrons. The van der Waals surface area contributed by atoms with Crippen molar-refractivity contribution in [2.75, 3.05) is 18.0 Å². The van der Waals surface area contributed by atoms with Gasteiger partial charge < -0.3 is 10.2 Å². The van der Waals surface area contributed by atoms with Crippen LogP contribution in [-0.2, 0) is 6.54 Å². The quantitative estimate of drug-likeness (QED) is 0.743. The van der Waals surface area contributed by atoms with Gasteiger partial charge in [-0.25, -0.2) is 4.98 Å². The molecule has 0 aliphatic heterocycles. The minimum Gasteiger partial charge on any atom is -0.348 e. The van der Waals surface area contributed by atoms with Gasteiger partial charge in [0.2, 0.25) is 0 Å². The van der Waals surface area contributed by atoms with E-state index >= 15 is 0 Å². The minimum atomic E-state index is 0.575. The third kappa shape index (κ3) is 3.98. The SMILES string of the molecule is CCC(C)c1nc(N(CC)CC2CC2)sc1CNC1CC1. The zero-order chi connectivity index (χ0) is 14.8. The van der Waals surface area contributed by atoms with Gasteiger partial charge in [-0.05, 0) is 50.9 Å². The minimum absolute atomic E-state index is 0.575. The van der Waals surface area contributed by atoms with Gasteiger partial charge in [-0.15, -0.1) is 11.3 Å². The van der Waals surface area contributed by atoms with E-state index in [1.165, 1.54) is 54.4 Å². The van der Waals surface area contributed by atoms with E-state index in [0.717, 1.165) is 25.0 Å². The Balaban J connectivity index is 1.74. The van der Waals surface area contributed by atoms with E-state index in [-0.39, 0.29) is 0 Å². The lowest BCUT2D eigenvalue weighted by Gasteiger charge is -2.19. The molecule has 1 N–H and O–H groups in total. The van der Waals surface area contributed by atoms with Gasteiger partial charge in [-0.1, -0.05) is 13.8 Å². The van der Waals surface area contributed by atoms with E-state index < -0.39 is 0 Å². The monoisotopic (exact) mass is 307 g/mol. The predicted octanol–water partition coefficient (Wildman–Crippen LogP) is 4.14. The van der Waals surface area contributed by atoms with Gasteiger partial charge >= 0.3 is 0 Å². The molecule has 1 aromatic heterocycles. The zero-order valence-electron chi connectivity index (χ0n) is 13.7. The highest BCUT2D eigenvalue weighted by Crippen LogP contribution is 2.36. The van der Waals surface area contributed by atoms with Crippen molar-refractivity contribution < 1.29 is 0 Å². The molecule has 2 aliphatic rings. The number of nitrogens with zero attached hydrogens (tertiary/aromatic N) is 2. The van der Waals surface area contributed by atoms with E-state index in [1.807, 2.05) is 11.3 Å². The Labute approximate surface area is 133 Å². The van der Waals surface area contributed by atoms with Crippen molar-refractivity contribution in [3.8, 4) is 0 Å². The molecule has 0 amide bonds. The van der Waals surface area contributed by atoms with Crippen molar-refractivity contribution in [3.05, 3.63) is 10.6 Å². The van der Waals surface area contributed by atoms with Crippen LogP contribution in [0, 0.1) is 5.92 Å². The average molecular weight is 308 g/mol. The van der Waals surface area contributed by atoms with Crippen LogP contribution in [0.2, 0.25) is 0 Å². The summed E-state index contributed by atoms with van der Waals surface area (Å²) in [7, 11) is 0. The first-order valence-electron chi connectivity index (χ1n) is 8.69. The summed E-state index contributed by atoms with van der Waals surface area (Å²) in [4.78, 5) is 9.00. The van der Waals surface area contributed by atoms with Crippen LogP contribution in [0.25, 0.3) is 0 Å². The summed E-state index contributed by atoms with van der Waals surface area (Å²) < 4.78 is 0. The number of aromatic nitrogens is 1. The molecule has 4 heteroatoms. The van der Waals surface area contributed by atoms with Crippen LogP contribution in [0.15, 0.2) is 0 Å². The fraction of sp³-hybridized carbons (Fsp3) is 0.824. The van der Waals surface area contributed by atoms with Crippen LogP contribution in [-0.4, -0.2) is 24.1 Å². The van der Waals surface area contributed by atoms with Crippen LogP contribution in [0.1, 0.15) is 69.4 Å². The number of hydrogen-bond donors (Lipinski definition) is 1. The summed E-state index contributed by atoms with van der Waals surface area (Å²) >= 11 is 1.93. The van der Waals surface area contributed by atoms with Gasteiger partial charge in [0.25, 0.3) is 0 Å². The predicted molar refractivity (Wildman–Crippen MR) is 91.3 cm³/mol. The van der Waals surface area contributed by atoms with Crippen LogP contribution in [0.4, 0.5) is 5.13 Å². The molecule has 118 valence electrons. The van der Waals surface area contributed by atoms with Crippen LogP contribution >= 0.6 is 11.3 Å². The standard InChI is InChI=1S/C17H29N3S/c1-4-12(3)16-15(10-18-14-8-9-14)21-17(19-16)20(5-2)11-13-6-7-13/h12-14,18H,4-11H2,1-3H3. The molecule has 1 aromatic rings. The first-order valence-corrected chi connectivity index (χ1v) is 9.50. The van der Waals surface area contributed by atoms with Gasteiger partial charge in [0.15, 0.2) is 5.13 Å². The van der Waals surface area contributed by atoms with Crippen molar-refractivity contribution in [2.45, 2.75) is 71.4 Å². The van der Waals surface area contributed by atoms with Gasteiger partial charge in [-0.2, -0.15) is 0 Å². The Morgan fingerprint density at radius 2 is 2.05 bits per heavy atom. The third-order valence-corrected chi connectivity index (χ3v) is 5.88. The summed E-state index contributed by atoms with van der Waals surface area (Å²) in [6.45, 7) is 10.1. The second kappa shape index (κ2) is 6.66. The molecule has 0 aromatic carbocycles. The van der Waals surface area contributed by atoms with E-state index in [0.29, 0.717) is 5.92 Å². The summed E-state index contributed by atoms with van der Waals surface area (Å²) in [5.74, 6) is 1.50. The lowest BCUT2D eigenvalue weighted by molar-refractivity contribution is 0.659. The molecule has 3 nitrogen and oxygen atoms in total. The maximum Gasteiger partial charge on any atom is 0.185 e. The summed E-state index contributed by atoms with van der Waals surface area (Å²) in [5.41, 5.74) is 1.35. The van der Waals surface area contributed by atoms with Crippen molar-refractivity contribution in [1.82, 2.24) is 10.3 Å². The highest BCUT2D eigenvalue weighted by Gasteiger charge is 2.27. The Hall–Kier alpha value is -0.610. The zero-order valence-corrected chi connectivity index (χ0v) is 14.5. The first-order chi connectivity index (χ1) is 10.2. The number of rotatable bonds is 9. The average Bonchev–Trinajstić information content (AvgIpc) is 3.42. The van der Waals surface area contributed by atoms with Gasteiger partial charge in [0.05, 0.1) is 5.69 Å². The lowest BCUT2D eigenvalue weighted by atomic mass is 10.0. The lowest BCUT2D eigenvalue weighted by Crippen LogP contribution is -2.25. The molecular weight excluding hydrogens is 278 g/mol. The summed E-state index contributed by atoms with van der Waals surface area (Å²) in [6, 6.07) is 0.772. The van der Waals surface area contributed by atoms with E-state index in [9.17, 15) is 0 Å². The Bertz CT molecular complexity index is 463. The largest absolute Gasteiger partial charge is 0.348 e. The highest BCUT2D eigenvalue weighted by molar-refractivity contribution is 7.15. The Morgan fingerprint density at radius 1 is 1.29 bits per heavy atom. The van der Waals surface area contributed by atoms with Gasteiger partial charge in [-0.3, -0.25) is 0 Å². The molecule has 1 unspecified atom stereocenters. The van der Waals surface area contributed by atoms with E-state index in [4.69, 9.17) is 4.98 Å². The van der Waals surface area contributed by atoms with E-state index in [2.05, 4.69) is 31.0 Å². The smallest absolute Gasteiger partial charge is 0.185 e. The molecule has 0 bridgehead atoms. The Kier molecular flexibility index (Phi) is 4.85. The van der Waals surface area contributed by atoms with Crippen LogP contribution < -0.4 is 10.2 Å². The number of anilines is 1. The highest BCUT2D eigenvalue weighted by atomic mass is 32.1. The molecular formula is C17H29N3S. The van der Waals surface area contributed by atoms with Gasteiger partial charge in [0.1, 0.15) is 0 Å². The summed E-state index contributed by atoms with van der Waals surface area (Å²) in [5, 5.41) is 4.92. The molecule has 1 atom stereocenters. The number of thiazole rings is 1. The second-order valence-electron chi connectivity index (χ2n) is 6.75. The van der Waals surface area contributed by atoms with Gasteiger partial charge in [0, 0.05) is 30.6 Å². The molecule has 1 heterocycles. The fourth-order valence-electron chi connectivity index (χ4n) is 2.67. The maximum atomic E-state index is 5.04. The molecule has 2 fully saturated rings. The fourth-order valence-corrected chi connectivity index (χ4v) is 3.87. The first kappa shape index (κ1) is 15.3. The maximum absolute atomic E-state index is 5.04. The molecule has 2 saturated carbocycles. The molecule has 0 saturated heterocycles. The molecule has 2 aliphatic carbocycles. The normalized spacial score (nSPS) is 19.8. The van der Waals surface area contributed by atoms with Crippen molar-refractivity contribution in [2.24, 2.45) is 5.92 Å². The van der Waals surface area contributed by atoms with Crippen molar-refractivity contribution >= 4 is 16.5 Å². The van der Waals surface area contributed by atoms with Crippen molar-refractivity contribution in [3.63, 3.8) is 0 Å². The van der Waals surface area contributed by atoms with Crippen LogP contribution in [0.5, 0.6) is 0 Å². The topological polar surface area (TPSA) is 28.2 Å². The summed E-state index contributed by atoms with van der Waals surface area (Å²) in [6.07, 6.45) is 6.71. The molecule has 0 spiro atoms. The number of hydrogen-bond acceptors (Lipinski definition) is 4. The second-order valence-corrected chi connectivity index (χ2v) is 7.81. The number of nitrogens with one attached hydrogen (secondary N) is 1. The van der Waals surface area contributed by atoms with Crippen LogP contribution in [0.3, 0.4) is 0 Å². The third-order valence-electron chi connectivity index (χ3n) is 4.75. The van der Waals surface area contributed by atoms with Crippen molar-refractivity contribution in [1.29, 1.82) is 0 Å². The molecule has 21 heavy (non-hydrogen) atoms. The Morgan fingerprint density at radius 3 is 2.62 bits per heavy atom. The van der Waals surface area contributed by atoms with E-state index in [1.54, 1.807) is 0 Å². The molecule has 3 rings (SSSR count).